The SMILES string of the molecule is O=C(O)C1CCN(C(=O)N2CCC(OCCO)CC2)C1. The number of carboxylic acids is 1. The fourth-order valence-corrected chi connectivity index (χ4v) is 2.77. The van der Waals surface area contributed by atoms with Crippen molar-refractivity contribution in [3.8, 4) is 0 Å². The second-order valence-electron chi connectivity index (χ2n) is 5.33. The Kier molecular flexibility index (Phi) is 5.19. The van der Waals surface area contributed by atoms with E-state index in [4.69, 9.17) is 14.9 Å². The minimum atomic E-state index is -0.823. The molecule has 2 saturated heterocycles. The van der Waals surface area contributed by atoms with Crippen molar-refractivity contribution in [3.63, 3.8) is 0 Å². The number of carbonyl (C=O) groups excluding carboxylic acids is 1. The van der Waals surface area contributed by atoms with E-state index < -0.39 is 11.9 Å². The first-order valence-electron chi connectivity index (χ1n) is 7.11. The second kappa shape index (κ2) is 6.90. The molecule has 2 aliphatic rings. The number of rotatable bonds is 4. The predicted molar refractivity (Wildman–Crippen MR) is 70.3 cm³/mol. The Morgan fingerprint density at radius 3 is 2.30 bits per heavy atom. The maximum absolute atomic E-state index is 12.3. The van der Waals surface area contributed by atoms with Gasteiger partial charge in [0.15, 0.2) is 0 Å². The molecular formula is C13H22N2O5. The van der Waals surface area contributed by atoms with Crippen LogP contribution in [0.15, 0.2) is 0 Å². The van der Waals surface area contributed by atoms with E-state index in [9.17, 15) is 9.59 Å². The number of amides is 2. The van der Waals surface area contributed by atoms with Gasteiger partial charge in [0.2, 0.25) is 0 Å². The normalized spacial score (nSPS) is 24.1. The maximum atomic E-state index is 12.3. The summed E-state index contributed by atoms with van der Waals surface area (Å²) in [5, 5.41) is 17.7. The maximum Gasteiger partial charge on any atom is 0.320 e. The van der Waals surface area contributed by atoms with Gasteiger partial charge < -0.3 is 24.7 Å². The van der Waals surface area contributed by atoms with Crippen LogP contribution in [0.25, 0.3) is 0 Å². The van der Waals surface area contributed by atoms with Crippen LogP contribution in [-0.2, 0) is 9.53 Å². The summed E-state index contributed by atoms with van der Waals surface area (Å²) in [6.45, 7) is 2.45. The van der Waals surface area contributed by atoms with Crippen LogP contribution in [0.5, 0.6) is 0 Å². The first-order valence-corrected chi connectivity index (χ1v) is 7.11. The van der Waals surface area contributed by atoms with Crippen LogP contribution >= 0.6 is 0 Å². The average molecular weight is 286 g/mol. The number of piperidine rings is 1. The summed E-state index contributed by atoms with van der Waals surface area (Å²) in [5.74, 6) is -1.25. The van der Waals surface area contributed by atoms with Gasteiger partial charge >= 0.3 is 12.0 Å². The number of aliphatic hydroxyl groups excluding tert-OH is 1. The Morgan fingerprint density at radius 2 is 1.75 bits per heavy atom. The van der Waals surface area contributed by atoms with Crippen LogP contribution in [-0.4, -0.2) is 77.5 Å². The molecule has 2 heterocycles. The van der Waals surface area contributed by atoms with Gasteiger partial charge in [0, 0.05) is 26.2 Å². The smallest absolute Gasteiger partial charge is 0.320 e. The quantitative estimate of drug-likeness (QED) is 0.758. The highest BCUT2D eigenvalue weighted by molar-refractivity contribution is 5.77. The topological polar surface area (TPSA) is 90.3 Å². The van der Waals surface area contributed by atoms with Crippen molar-refractivity contribution in [3.05, 3.63) is 0 Å². The lowest BCUT2D eigenvalue weighted by atomic mass is 10.1. The number of aliphatic hydroxyl groups is 1. The second-order valence-corrected chi connectivity index (χ2v) is 5.33. The minimum Gasteiger partial charge on any atom is -0.481 e. The minimum absolute atomic E-state index is 0.0174. The molecule has 2 aliphatic heterocycles. The molecule has 0 radical (unpaired) electrons. The van der Waals surface area contributed by atoms with E-state index in [1.54, 1.807) is 9.80 Å². The molecule has 20 heavy (non-hydrogen) atoms. The number of ether oxygens (including phenoxy) is 1. The first-order chi connectivity index (χ1) is 9.61. The van der Waals surface area contributed by atoms with Crippen LogP contribution in [0.1, 0.15) is 19.3 Å². The molecule has 114 valence electrons. The largest absolute Gasteiger partial charge is 0.481 e. The highest BCUT2D eigenvalue weighted by Crippen LogP contribution is 2.20. The Bertz CT molecular complexity index is 355. The highest BCUT2D eigenvalue weighted by Gasteiger charge is 2.34. The summed E-state index contributed by atoms with van der Waals surface area (Å²) in [7, 11) is 0. The van der Waals surface area contributed by atoms with E-state index in [0.29, 0.717) is 39.2 Å². The van der Waals surface area contributed by atoms with Gasteiger partial charge in [-0.15, -0.1) is 0 Å². The number of carbonyl (C=O) groups is 2. The van der Waals surface area contributed by atoms with Gasteiger partial charge in [0.05, 0.1) is 25.2 Å². The molecule has 0 aliphatic carbocycles. The Labute approximate surface area is 118 Å². The third-order valence-electron chi connectivity index (χ3n) is 3.97. The zero-order chi connectivity index (χ0) is 14.5. The van der Waals surface area contributed by atoms with E-state index in [1.165, 1.54) is 0 Å². The Morgan fingerprint density at radius 1 is 1.10 bits per heavy atom. The molecule has 1 atom stereocenters. The standard InChI is InChI=1S/C13H22N2O5/c16-7-8-20-11-2-5-14(6-3-11)13(19)15-4-1-10(9-15)12(17)18/h10-11,16H,1-9H2,(H,17,18). The van der Waals surface area contributed by atoms with Crippen LogP contribution in [0, 0.1) is 5.92 Å². The van der Waals surface area contributed by atoms with Gasteiger partial charge in [-0.3, -0.25) is 4.79 Å². The number of hydrogen-bond donors (Lipinski definition) is 2. The van der Waals surface area contributed by atoms with Gasteiger partial charge in [-0.25, -0.2) is 4.79 Å². The zero-order valence-electron chi connectivity index (χ0n) is 11.5. The van der Waals surface area contributed by atoms with Crippen molar-refractivity contribution in [2.75, 3.05) is 39.4 Å². The van der Waals surface area contributed by atoms with E-state index in [2.05, 4.69) is 0 Å². The molecule has 0 saturated carbocycles. The first kappa shape index (κ1) is 15.1. The zero-order valence-corrected chi connectivity index (χ0v) is 11.5. The molecule has 0 bridgehead atoms. The lowest BCUT2D eigenvalue weighted by Crippen LogP contribution is -2.47. The van der Waals surface area contributed by atoms with Gasteiger partial charge in [0.1, 0.15) is 0 Å². The molecule has 7 nitrogen and oxygen atoms in total. The number of carboxylic acid groups (broad SMARTS) is 1. The summed E-state index contributed by atoms with van der Waals surface area (Å²) < 4.78 is 5.45. The van der Waals surface area contributed by atoms with Gasteiger partial charge in [-0.1, -0.05) is 0 Å². The molecule has 2 N–H and O–H groups in total. The summed E-state index contributed by atoms with van der Waals surface area (Å²) in [6.07, 6.45) is 2.18. The highest BCUT2D eigenvalue weighted by atomic mass is 16.5. The lowest BCUT2D eigenvalue weighted by Gasteiger charge is -2.34. The van der Waals surface area contributed by atoms with Crippen molar-refractivity contribution in [1.29, 1.82) is 0 Å². The van der Waals surface area contributed by atoms with Crippen molar-refractivity contribution in [2.45, 2.75) is 25.4 Å². The number of nitrogens with zero attached hydrogens (tertiary/aromatic N) is 2. The van der Waals surface area contributed by atoms with E-state index in [1.807, 2.05) is 0 Å². The summed E-state index contributed by atoms with van der Waals surface area (Å²) in [4.78, 5) is 26.6. The fraction of sp³-hybridized carbons (Fsp3) is 0.846. The molecule has 1 unspecified atom stereocenters. The van der Waals surface area contributed by atoms with E-state index in [0.717, 1.165) is 12.8 Å². The molecule has 2 rings (SSSR count). The molecule has 0 spiro atoms. The van der Waals surface area contributed by atoms with Crippen LogP contribution < -0.4 is 0 Å². The van der Waals surface area contributed by atoms with Crippen molar-refractivity contribution in [1.82, 2.24) is 9.80 Å². The van der Waals surface area contributed by atoms with Gasteiger partial charge in [-0.2, -0.15) is 0 Å². The van der Waals surface area contributed by atoms with E-state index >= 15 is 0 Å². The monoisotopic (exact) mass is 286 g/mol. The fourth-order valence-electron chi connectivity index (χ4n) is 2.77. The van der Waals surface area contributed by atoms with Gasteiger partial charge in [-0.05, 0) is 19.3 Å². The Hall–Kier alpha value is -1.34. The van der Waals surface area contributed by atoms with Crippen molar-refractivity contribution < 1.29 is 24.5 Å². The molecule has 0 aromatic rings. The lowest BCUT2D eigenvalue weighted by molar-refractivity contribution is -0.141. The number of likely N-dealkylation sites (tertiary alicyclic amines) is 2. The van der Waals surface area contributed by atoms with Crippen molar-refractivity contribution in [2.24, 2.45) is 5.92 Å². The van der Waals surface area contributed by atoms with Crippen LogP contribution in [0.3, 0.4) is 0 Å². The summed E-state index contributed by atoms with van der Waals surface area (Å²) in [6, 6.07) is -0.0608. The number of hydrogen-bond acceptors (Lipinski definition) is 4. The number of aliphatic carboxylic acids is 1. The van der Waals surface area contributed by atoms with Crippen molar-refractivity contribution >= 4 is 12.0 Å². The molecule has 2 fully saturated rings. The third-order valence-corrected chi connectivity index (χ3v) is 3.97. The Balaban J connectivity index is 1.76. The number of urea groups is 1. The molecule has 2 amide bonds. The average Bonchev–Trinajstić information content (AvgIpc) is 2.95. The summed E-state index contributed by atoms with van der Waals surface area (Å²) >= 11 is 0. The molecular weight excluding hydrogens is 264 g/mol. The van der Waals surface area contributed by atoms with E-state index in [-0.39, 0.29) is 18.7 Å². The van der Waals surface area contributed by atoms with Crippen LogP contribution in [0.2, 0.25) is 0 Å². The molecule has 0 aromatic heterocycles. The molecule has 0 aromatic carbocycles. The third kappa shape index (κ3) is 3.61. The van der Waals surface area contributed by atoms with Gasteiger partial charge in [0.25, 0.3) is 0 Å². The summed E-state index contributed by atoms with van der Waals surface area (Å²) in [5.41, 5.74) is 0. The predicted octanol–water partition coefficient (Wildman–Crippen LogP) is -0.0138. The van der Waals surface area contributed by atoms with Crippen LogP contribution in [0.4, 0.5) is 4.79 Å². The molecule has 7 heteroatoms.